The molecular weight excluding hydrogens is 376 g/mol. The predicted octanol–water partition coefficient (Wildman–Crippen LogP) is 5.24. The van der Waals surface area contributed by atoms with Crippen molar-refractivity contribution < 1.29 is 19.1 Å². The molecule has 3 rings (SSSR count). The minimum atomic E-state index is -0.701. The van der Waals surface area contributed by atoms with Gasteiger partial charge in [0.15, 0.2) is 6.10 Å². The van der Waals surface area contributed by atoms with Crippen molar-refractivity contribution in [1.82, 2.24) is 0 Å². The summed E-state index contributed by atoms with van der Waals surface area (Å²) < 4.78 is 10.9. The van der Waals surface area contributed by atoms with E-state index in [0.29, 0.717) is 0 Å². The van der Waals surface area contributed by atoms with Crippen LogP contribution >= 0.6 is 0 Å². The first-order valence-electron chi connectivity index (χ1n) is 9.59. The van der Waals surface area contributed by atoms with Crippen molar-refractivity contribution in [2.45, 2.75) is 6.10 Å². The second-order valence-corrected chi connectivity index (χ2v) is 6.45. The van der Waals surface area contributed by atoms with E-state index in [1.54, 1.807) is 12.2 Å². The Morgan fingerprint density at radius 1 is 0.667 bits per heavy atom. The zero-order valence-corrected chi connectivity index (χ0v) is 16.4. The quantitative estimate of drug-likeness (QED) is 0.385. The largest absolute Gasteiger partial charge is 0.458 e. The Morgan fingerprint density at radius 3 is 1.67 bits per heavy atom. The normalized spacial score (nSPS) is 12.0. The molecule has 3 aromatic rings. The Labute approximate surface area is 176 Å². The number of hydrogen-bond acceptors (Lipinski definition) is 4. The van der Waals surface area contributed by atoms with Crippen molar-refractivity contribution >= 4 is 24.1 Å². The Morgan fingerprint density at radius 2 is 1.13 bits per heavy atom. The van der Waals surface area contributed by atoms with Gasteiger partial charge in [-0.15, -0.1) is 0 Å². The third kappa shape index (κ3) is 6.91. The summed E-state index contributed by atoms with van der Waals surface area (Å²) in [7, 11) is 0. The number of esters is 2. The Bertz CT molecular complexity index is 993. The second kappa shape index (κ2) is 11.2. The molecule has 0 heterocycles. The maximum absolute atomic E-state index is 12.3. The van der Waals surface area contributed by atoms with E-state index in [1.165, 1.54) is 12.2 Å². The highest BCUT2D eigenvalue weighted by molar-refractivity contribution is 5.88. The number of ether oxygens (including phenoxy) is 2. The topological polar surface area (TPSA) is 52.6 Å². The van der Waals surface area contributed by atoms with Crippen LogP contribution in [0.1, 0.15) is 22.8 Å². The van der Waals surface area contributed by atoms with Gasteiger partial charge in [0.1, 0.15) is 6.61 Å². The third-order valence-electron chi connectivity index (χ3n) is 4.23. The smallest absolute Gasteiger partial charge is 0.331 e. The highest BCUT2D eigenvalue weighted by Gasteiger charge is 2.17. The Balaban J connectivity index is 1.61. The van der Waals surface area contributed by atoms with Crippen LogP contribution in [-0.4, -0.2) is 18.5 Å². The number of rotatable bonds is 8. The lowest BCUT2D eigenvalue weighted by Gasteiger charge is -2.17. The van der Waals surface area contributed by atoms with E-state index in [-0.39, 0.29) is 6.61 Å². The van der Waals surface area contributed by atoms with Gasteiger partial charge in [0, 0.05) is 12.2 Å². The summed E-state index contributed by atoms with van der Waals surface area (Å²) in [5, 5.41) is 0. The van der Waals surface area contributed by atoms with E-state index in [2.05, 4.69) is 0 Å². The van der Waals surface area contributed by atoms with Crippen LogP contribution in [0.3, 0.4) is 0 Å². The maximum Gasteiger partial charge on any atom is 0.331 e. The van der Waals surface area contributed by atoms with E-state index < -0.39 is 18.0 Å². The molecule has 0 saturated heterocycles. The summed E-state index contributed by atoms with van der Waals surface area (Å²) in [6.45, 7) is -0.0765. The summed E-state index contributed by atoms with van der Waals surface area (Å²) in [6, 6.07) is 28.1. The van der Waals surface area contributed by atoms with Crippen LogP contribution in [0.5, 0.6) is 0 Å². The van der Waals surface area contributed by atoms with Crippen LogP contribution < -0.4 is 0 Å². The van der Waals surface area contributed by atoms with E-state index in [0.717, 1.165) is 16.7 Å². The Hall–Kier alpha value is -3.92. The molecule has 0 aromatic heterocycles. The molecule has 0 amide bonds. The van der Waals surface area contributed by atoms with Crippen LogP contribution in [0, 0.1) is 0 Å². The average molecular weight is 398 g/mol. The van der Waals surface area contributed by atoms with E-state index in [1.807, 2.05) is 91.0 Å². The van der Waals surface area contributed by atoms with Crippen molar-refractivity contribution in [2.75, 3.05) is 6.61 Å². The van der Waals surface area contributed by atoms with Gasteiger partial charge >= 0.3 is 11.9 Å². The molecule has 0 saturated carbocycles. The summed E-state index contributed by atoms with van der Waals surface area (Å²) in [5.41, 5.74) is 2.54. The van der Waals surface area contributed by atoms with Crippen LogP contribution in [0.4, 0.5) is 0 Å². The minimum Gasteiger partial charge on any atom is -0.458 e. The standard InChI is InChI=1S/C26H22O4/c27-25(18-16-21-10-4-1-5-11-21)29-20-24(23-14-8-3-9-15-23)30-26(28)19-17-22-12-6-2-7-13-22/h1-19,24H,20H2/b18-16+,19-17+/t24-/m0/s1. The van der Waals surface area contributed by atoms with Crippen LogP contribution in [0.25, 0.3) is 12.2 Å². The highest BCUT2D eigenvalue weighted by Crippen LogP contribution is 2.18. The van der Waals surface area contributed by atoms with Gasteiger partial charge in [-0.1, -0.05) is 91.0 Å². The molecule has 4 heteroatoms. The van der Waals surface area contributed by atoms with Crippen molar-refractivity contribution in [3.05, 3.63) is 120 Å². The van der Waals surface area contributed by atoms with Gasteiger partial charge in [0.25, 0.3) is 0 Å². The van der Waals surface area contributed by atoms with Crippen LogP contribution in [0.2, 0.25) is 0 Å². The van der Waals surface area contributed by atoms with E-state index in [9.17, 15) is 9.59 Å². The van der Waals surface area contributed by atoms with Crippen molar-refractivity contribution in [3.8, 4) is 0 Å². The first-order chi connectivity index (χ1) is 14.7. The highest BCUT2D eigenvalue weighted by atomic mass is 16.6. The molecule has 30 heavy (non-hydrogen) atoms. The lowest BCUT2D eigenvalue weighted by Crippen LogP contribution is -2.17. The van der Waals surface area contributed by atoms with Gasteiger partial charge in [-0.05, 0) is 28.8 Å². The lowest BCUT2D eigenvalue weighted by atomic mass is 10.1. The molecular formula is C26H22O4. The number of hydrogen-bond donors (Lipinski definition) is 0. The summed E-state index contributed by atoms with van der Waals surface area (Å²) >= 11 is 0. The lowest BCUT2D eigenvalue weighted by molar-refractivity contribution is -0.153. The number of carbonyl (C=O) groups excluding carboxylic acids is 2. The average Bonchev–Trinajstić information content (AvgIpc) is 2.81. The van der Waals surface area contributed by atoms with Crippen LogP contribution in [-0.2, 0) is 19.1 Å². The van der Waals surface area contributed by atoms with Gasteiger partial charge in [-0.25, -0.2) is 9.59 Å². The monoisotopic (exact) mass is 398 g/mol. The molecule has 0 radical (unpaired) electrons. The van der Waals surface area contributed by atoms with Gasteiger partial charge in [-0.3, -0.25) is 0 Å². The van der Waals surface area contributed by atoms with Gasteiger partial charge < -0.3 is 9.47 Å². The van der Waals surface area contributed by atoms with Gasteiger partial charge in [-0.2, -0.15) is 0 Å². The molecule has 1 atom stereocenters. The second-order valence-electron chi connectivity index (χ2n) is 6.45. The van der Waals surface area contributed by atoms with E-state index in [4.69, 9.17) is 9.47 Å². The minimum absolute atomic E-state index is 0.0765. The summed E-state index contributed by atoms with van der Waals surface area (Å²) in [5.74, 6) is -1.01. The molecule has 150 valence electrons. The predicted molar refractivity (Wildman–Crippen MR) is 117 cm³/mol. The zero-order valence-electron chi connectivity index (χ0n) is 16.4. The van der Waals surface area contributed by atoms with Crippen LogP contribution in [0.15, 0.2) is 103 Å². The summed E-state index contributed by atoms with van der Waals surface area (Å²) in [6.07, 6.45) is 5.37. The molecule has 3 aromatic carbocycles. The van der Waals surface area contributed by atoms with Crippen molar-refractivity contribution in [1.29, 1.82) is 0 Å². The Kier molecular flexibility index (Phi) is 7.75. The number of benzene rings is 3. The van der Waals surface area contributed by atoms with Gasteiger partial charge in [0.05, 0.1) is 0 Å². The molecule has 0 bridgehead atoms. The molecule has 0 unspecified atom stereocenters. The molecule has 4 nitrogen and oxygen atoms in total. The maximum atomic E-state index is 12.3. The molecule has 0 N–H and O–H groups in total. The first-order valence-corrected chi connectivity index (χ1v) is 9.59. The SMILES string of the molecule is O=C(/C=C/c1ccccc1)OC[C@H](OC(=O)/C=C/c1ccccc1)c1ccccc1. The molecule has 0 spiro atoms. The zero-order chi connectivity index (χ0) is 21.0. The number of carbonyl (C=O) groups is 2. The van der Waals surface area contributed by atoms with Crippen molar-refractivity contribution in [3.63, 3.8) is 0 Å². The third-order valence-corrected chi connectivity index (χ3v) is 4.23. The fourth-order valence-electron chi connectivity index (χ4n) is 2.71. The summed E-state index contributed by atoms with van der Waals surface area (Å²) in [4.78, 5) is 24.4. The molecule has 0 aliphatic carbocycles. The first kappa shape index (κ1) is 20.8. The van der Waals surface area contributed by atoms with Gasteiger partial charge in [0.2, 0.25) is 0 Å². The van der Waals surface area contributed by atoms with Crippen molar-refractivity contribution in [2.24, 2.45) is 0 Å². The molecule has 0 aliphatic heterocycles. The molecule has 0 fully saturated rings. The fraction of sp³-hybridized carbons (Fsp3) is 0.0769. The fourth-order valence-corrected chi connectivity index (χ4v) is 2.71. The van der Waals surface area contributed by atoms with E-state index >= 15 is 0 Å². The molecule has 0 aliphatic rings.